The summed E-state index contributed by atoms with van der Waals surface area (Å²) in [7, 11) is 0.714. The van der Waals surface area contributed by atoms with E-state index in [0.717, 1.165) is 52.2 Å². The lowest BCUT2D eigenvalue weighted by atomic mass is 10.1. The summed E-state index contributed by atoms with van der Waals surface area (Å²) in [5.74, 6) is -0.342. The second kappa shape index (κ2) is 41.4. The van der Waals surface area contributed by atoms with Gasteiger partial charge in [0.25, 0.3) is 0 Å². The number of ether oxygens (including phenoxy) is 2. The first-order chi connectivity index (χ1) is 25.6. The summed E-state index contributed by atoms with van der Waals surface area (Å²) in [6.45, 7) is 5.49. The Morgan fingerprint density at radius 2 is 0.925 bits per heavy atom. The molecular weight excluding hydrogens is 691 g/mol. The number of esters is 2. The van der Waals surface area contributed by atoms with E-state index < -0.39 is 10.4 Å². The molecule has 0 aromatic carbocycles. The second-order valence-electron chi connectivity index (χ2n) is 14.6. The Labute approximate surface area is 327 Å². The van der Waals surface area contributed by atoms with Crippen LogP contribution in [0.15, 0.2) is 24.3 Å². The molecular formula is C43H83NO8S. The van der Waals surface area contributed by atoms with E-state index in [1.54, 1.807) is 0 Å². The van der Waals surface area contributed by atoms with Crippen molar-refractivity contribution in [2.45, 2.75) is 206 Å². The molecule has 1 atom stereocenters. The summed E-state index contributed by atoms with van der Waals surface area (Å²) in [6.07, 6.45) is 42.8. The molecule has 0 amide bonds. The highest BCUT2D eigenvalue weighted by Crippen LogP contribution is 2.13. The van der Waals surface area contributed by atoms with Crippen molar-refractivity contribution in [3.05, 3.63) is 24.3 Å². The topological polar surface area (TPSA) is 119 Å². The Balaban J connectivity index is 0. The number of allylic oxidation sites excluding steroid dienone is 4. The highest BCUT2D eigenvalue weighted by Gasteiger charge is 2.17. The molecule has 0 saturated carbocycles. The van der Waals surface area contributed by atoms with Crippen LogP contribution in [-0.2, 0) is 33.6 Å². The first-order valence-electron chi connectivity index (χ1n) is 21.4. The van der Waals surface area contributed by atoms with Gasteiger partial charge in [0.05, 0.1) is 7.11 Å². The fourth-order valence-corrected chi connectivity index (χ4v) is 5.76. The van der Waals surface area contributed by atoms with Crippen LogP contribution in [0.4, 0.5) is 0 Å². The molecule has 0 radical (unpaired) electrons. The number of rotatable bonds is 37. The molecule has 0 heterocycles. The van der Waals surface area contributed by atoms with Crippen molar-refractivity contribution in [3.63, 3.8) is 0 Å². The minimum Gasteiger partial charge on any atom is -0.462 e. The van der Waals surface area contributed by atoms with Crippen LogP contribution in [-0.4, -0.2) is 70.3 Å². The lowest BCUT2D eigenvalue weighted by Crippen LogP contribution is -2.29. The number of hydrogen-bond donors (Lipinski definition) is 1. The maximum Gasteiger partial charge on any atom is 0.397 e. The van der Waals surface area contributed by atoms with Gasteiger partial charge in [0.2, 0.25) is 0 Å². The van der Waals surface area contributed by atoms with Crippen molar-refractivity contribution in [3.8, 4) is 0 Å². The van der Waals surface area contributed by atoms with E-state index in [-0.39, 0.29) is 24.6 Å². The molecule has 1 N–H and O–H groups in total. The van der Waals surface area contributed by atoms with Gasteiger partial charge < -0.3 is 14.4 Å². The van der Waals surface area contributed by atoms with Gasteiger partial charge in [-0.1, -0.05) is 141 Å². The average Bonchev–Trinajstić information content (AvgIpc) is 3.12. The van der Waals surface area contributed by atoms with Crippen LogP contribution in [0, 0.1) is 0 Å². The van der Waals surface area contributed by atoms with Crippen molar-refractivity contribution < 1.29 is 36.2 Å². The molecule has 0 aromatic heterocycles. The molecule has 9 nitrogen and oxygen atoms in total. The molecule has 0 saturated heterocycles. The smallest absolute Gasteiger partial charge is 0.397 e. The van der Waals surface area contributed by atoms with Crippen LogP contribution in [0.5, 0.6) is 0 Å². The molecule has 10 heteroatoms. The van der Waals surface area contributed by atoms with Crippen molar-refractivity contribution >= 4 is 22.3 Å². The van der Waals surface area contributed by atoms with Crippen LogP contribution < -0.4 is 0 Å². The molecule has 0 bridgehead atoms. The van der Waals surface area contributed by atoms with Crippen LogP contribution in [0.2, 0.25) is 0 Å². The Morgan fingerprint density at radius 3 is 1.28 bits per heavy atom. The van der Waals surface area contributed by atoms with Crippen molar-refractivity contribution in [2.75, 3.05) is 34.4 Å². The zero-order chi connectivity index (χ0) is 39.7. The van der Waals surface area contributed by atoms with Gasteiger partial charge in [-0.15, -0.1) is 0 Å². The quantitative estimate of drug-likeness (QED) is 0.0285. The standard InChI is InChI=1S/C42H79NO4.CH4O4S/c1-5-7-9-11-13-15-17-19-21-23-25-27-29-31-33-35-41(44)46-39-40(37-38-43(3)4)47-42(45)36-34-32-30-28-26-24-22-20-18-16-14-12-10-8-6-2;1-5-6(2,3)4/h19-22,40H,5-18,23-39H2,1-4H3;1H3,(H,2,3,4)/b21-19-,22-20-;. The first-order valence-corrected chi connectivity index (χ1v) is 22.7. The van der Waals surface area contributed by atoms with Gasteiger partial charge in [-0.2, -0.15) is 8.42 Å². The molecule has 53 heavy (non-hydrogen) atoms. The molecule has 1 unspecified atom stereocenters. The largest absolute Gasteiger partial charge is 0.462 e. The van der Waals surface area contributed by atoms with Gasteiger partial charge >= 0.3 is 22.3 Å². The van der Waals surface area contributed by atoms with Crippen molar-refractivity contribution in [1.82, 2.24) is 4.90 Å². The van der Waals surface area contributed by atoms with E-state index >= 15 is 0 Å². The molecule has 0 spiro atoms. The summed E-state index contributed by atoms with van der Waals surface area (Å²) < 4.78 is 41.0. The summed E-state index contributed by atoms with van der Waals surface area (Å²) in [5.41, 5.74) is 0. The van der Waals surface area contributed by atoms with E-state index in [1.165, 1.54) is 128 Å². The number of carbonyl (C=O) groups is 2. The van der Waals surface area contributed by atoms with Crippen LogP contribution in [0.3, 0.4) is 0 Å². The van der Waals surface area contributed by atoms with Gasteiger partial charge in [-0.3, -0.25) is 18.3 Å². The van der Waals surface area contributed by atoms with E-state index in [1.807, 2.05) is 14.1 Å². The van der Waals surface area contributed by atoms with Crippen LogP contribution in [0.1, 0.15) is 200 Å². The third-order valence-electron chi connectivity index (χ3n) is 9.12. The van der Waals surface area contributed by atoms with Crippen molar-refractivity contribution in [1.29, 1.82) is 0 Å². The predicted octanol–water partition coefficient (Wildman–Crippen LogP) is 11.9. The van der Waals surface area contributed by atoms with Crippen LogP contribution in [0.25, 0.3) is 0 Å². The molecule has 0 aliphatic rings. The van der Waals surface area contributed by atoms with E-state index in [2.05, 4.69) is 47.2 Å². The summed E-state index contributed by atoms with van der Waals surface area (Å²) in [4.78, 5) is 26.9. The Morgan fingerprint density at radius 1 is 0.585 bits per heavy atom. The monoisotopic (exact) mass is 774 g/mol. The van der Waals surface area contributed by atoms with E-state index in [0.29, 0.717) is 19.3 Å². The highest BCUT2D eigenvalue weighted by atomic mass is 32.3. The molecule has 0 fully saturated rings. The predicted molar refractivity (Wildman–Crippen MR) is 221 cm³/mol. The van der Waals surface area contributed by atoms with Gasteiger partial charge in [-0.25, -0.2) is 0 Å². The fourth-order valence-electron chi connectivity index (χ4n) is 5.76. The summed E-state index contributed by atoms with van der Waals surface area (Å²) in [6, 6.07) is 0. The number of unbranched alkanes of at least 4 members (excludes halogenated alkanes) is 22. The van der Waals surface area contributed by atoms with Crippen molar-refractivity contribution in [2.24, 2.45) is 0 Å². The van der Waals surface area contributed by atoms with Gasteiger partial charge in [0.15, 0.2) is 0 Å². The third kappa shape index (κ3) is 48.2. The minimum absolute atomic E-state index is 0.163. The number of carbonyl (C=O) groups excluding carboxylic acids is 2. The molecule has 0 rings (SSSR count). The number of nitrogens with zero attached hydrogens (tertiary/aromatic N) is 1. The van der Waals surface area contributed by atoms with E-state index in [9.17, 15) is 18.0 Å². The molecule has 0 aromatic rings. The molecule has 0 aliphatic carbocycles. The Hall–Kier alpha value is -1.75. The van der Waals surface area contributed by atoms with Crippen LogP contribution >= 0.6 is 0 Å². The average molecular weight is 774 g/mol. The van der Waals surface area contributed by atoms with Gasteiger partial charge in [-0.05, 0) is 78.3 Å². The zero-order valence-corrected chi connectivity index (χ0v) is 35.8. The summed E-state index contributed by atoms with van der Waals surface area (Å²) in [5, 5.41) is 0. The first kappa shape index (κ1) is 53.4. The maximum atomic E-state index is 12.5. The number of hydrogen-bond acceptors (Lipinski definition) is 8. The molecule has 314 valence electrons. The van der Waals surface area contributed by atoms with Gasteiger partial charge in [0, 0.05) is 25.8 Å². The lowest BCUT2D eigenvalue weighted by Gasteiger charge is -2.20. The maximum absolute atomic E-state index is 12.5. The van der Waals surface area contributed by atoms with Gasteiger partial charge in [0.1, 0.15) is 12.7 Å². The SMILES string of the molecule is CCCCCCCC/C=C\CCCCCCCC(=O)OCC(CCN(C)C)OC(=O)CCCCCCC/C=C\CCCCCCCC.COS(=O)(=O)O. The molecule has 0 aliphatic heterocycles. The normalized spacial score (nSPS) is 12.4. The second-order valence-corrected chi connectivity index (χ2v) is 15.8. The Kier molecular flexibility index (Phi) is 41.7. The fraction of sp³-hybridized carbons (Fsp3) is 0.860. The Bertz CT molecular complexity index is 967. The minimum atomic E-state index is -4.16. The third-order valence-corrected chi connectivity index (χ3v) is 9.54. The van der Waals surface area contributed by atoms with E-state index in [4.69, 9.17) is 14.0 Å². The highest BCUT2D eigenvalue weighted by molar-refractivity contribution is 7.80. The lowest BCUT2D eigenvalue weighted by molar-refractivity contribution is -0.159. The zero-order valence-electron chi connectivity index (χ0n) is 35.0. The summed E-state index contributed by atoms with van der Waals surface area (Å²) >= 11 is 0.